The molecule has 0 amide bonds. The first kappa shape index (κ1) is 15.4. The molecule has 21 heavy (non-hydrogen) atoms. The summed E-state index contributed by atoms with van der Waals surface area (Å²) in [6.07, 6.45) is -0.549. The fourth-order valence-electron chi connectivity index (χ4n) is 1.82. The Hall–Kier alpha value is -2.01. The zero-order chi connectivity index (χ0) is 15.8. The second-order valence-electron chi connectivity index (χ2n) is 5.75. The Morgan fingerprint density at radius 3 is 2.38 bits per heavy atom. The highest BCUT2D eigenvalue weighted by Gasteiger charge is 2.23. The number of rotatable bonds is 1. The van der Waals surface area contributed by atoms with Crippen molar-refractivity contribution in [3.8, 4) is 11.3 Å². The van der Waals surface area contributed by atoms with E-state index < -0.39 is 11.7 Å². The van der Waals surface area contributed by atoms with Crippen LogP contribution in [0.3, 0.4) is 0 Å². The first-order valence-corrected chi connectivity index (χ1v) is 6.91. The Morgan fingerprint density at radius 2 is 1.86 bits per heavy atom. The van der Waals surface area contributed by atoms with Crippen LogP contribution in [0.2, 0.25) is 5.02 Å². The van der Waals surface area contributed by atoms with Gasteiger partial charge in [-0.15, -0.1) is 0 Å². The highest BCUT2D eigenvalue weighted by molar-refractivity contribution is 6.30. The zero-order valence-corrected chi connectivity index (χ0v) is 13.2. The Morgan fingerprint density at radius 1 is 1.29 bits per heavy atom. The van der Waals surface area contributed by atoms with Gasteiger partial charge < -0.3 is 10.5 Å². The molecule has 0 fully saturated rings. The highest BCUT2D eigenvalue weighted by atomic mass is 35.5. The van der Waals surface area contributed by atoms with Gasteiger partial charge in [0.1, 0.15) is 11.3 Å². The molecule has 0 radical (unpaired) electrons. The van der Waals surface area contributed by atoms with Crippen LogP contribution in [0.15, 0.2) is 24.3 Å². The topological polar surface area (TPSA) is 70.1 Å². The molecule has 2 rings (SSSR count). The van der Waals surface area contributed by atoms with Gasteiger partial charge in [-0.3, -0.25) is 0 Å². The van der Waals surface area contributed by atoms with Crippen LogP contribution >= 0.6 is 11.6 Å². The molecule has 2 aromatic rings. The fraction of sp³-hybridized carbons (Fsp3) is 0.333. The Bertz CT molecular complexity index is 669. The molecule has 1 aromatic carbocycles. The molecule has 2 N–H and O–H groups in total. The van der Waals surface area contributed by atoms with Crippen molar-refractivity contribution in [3.05, 3.63) is 35.0 Å². The average Bonchev–Trinajstić information content (AvgIpc) is 2.66. The van der Waals surface area contributed by atoms with Gasteiger partial charge >= 0.3 is 6.09 Å². The lowest BCUT2D eigenvalue weighted by Crippen LogP contribution is -2.28. The van der Waals surface area contributed by atoms with Crippen molar-refractivity contribution in [3.63, 3.8) is 0 Å². The minimum atomic E-state index is -0.593. The van der Waals surface area contributed by atoms with Crippen molar-refractivity contribution in [2.45, 2.75) is 33.3 Å². The maximum absolute atomic E-state index is 12.1. The highest BCUT2D eigenvalue weighted by Crippen LogP contribution is 2.28. The summed E-state index contributed by atoms with van der Waals surface area (Å²) >= 11 is 5.87. The van der Waals surface area contributed by atoms with Crippen molar-refractivity contribution in [1.82, 2.24) is 9.78 Å². The number of hydrogen-bond donors (Lipinski definition) is 1. The molecule has 0 unspecified atom stereocenters. The number of carbonyl (C=O) groups excluding carboxylic acids is 1. The molecule has 0 bridgehead atoms. The molecule has 0 aliphatic carbocycles. The lowest BCUT2D eigenvalue weighted by atomic mass is 10.1. The van der Waals surface area contributed by atoms with Gasteiger partial charge in [0, 0.05) is 10.6 Å². The molecule has 0 saturated carbocycles. The van der Waals surface area contributed by atoms with Gasteiger partial charge in [-0.25, -0.2) is 4.79 Å². The van der Waals surface area contributed by atoms with E-state index in [1.54, 1.807) is 52.0 Å². The normalized spacial score (nSPS) is 11.5. The standard InChI is InChI=1S/C15H18ClN3O2/c1-9-12(17)13(10-5-7-11(16)8-6-10)18-19(9)14(20)21-15(2,3)4/h5-8H,17H2,1-4H3. The van der Waals surface area contributed by atoms with Crippen LogP contribution in [0, 0.1) is 6.92 Å². The maximum atomic E-state index is 12.1. The summed E-state index contributed by atoms with van der Waals surface area (Å²) in [6, 6.07) is 7.11. The molecule has 0 spiro atoms. The van der Waals surface area contributed by atoms with Crippen LogP contribution < -0.4 is 5.73 Å². The van der Waals surface area contributed by atoms with E-state index in [2.05, 4.69) is 5.10 Å². The predicted octanol–water partition coefficient (Wildman–Crippen LogP) is 3.88. The number of anilines is 1. The first-order chi connectivity index (χ1) is 9.69. The SMILES string of the molecule is Cc1c(N)c(-c2ccc(Cl)cc2)nn1C(=O)OC(C)(C)C. The molecule has 0 aliphatic heterocycles. The Kier molecular flexibility index (Phi) is 3.96. The van der Waals surface area contributed by atoms with E-state index in [0.717, 1.165) is 5.56 Å². The van der Waals surface area contributed by atoms with Gasteiger partial charge in [0.2, 0.25) is 0 Å². The molecule has 0 aliphatic rings. The molecule has 6 heteroatoms. The van der Waals surface area contributed by atoms with Crippen LogP contribution in [-0.2, 0) is 4.74 Å². The number of benzene rings is 1. The van der Waals surface area contributed by atoms with Gasteiger partial charge in [0.15, 0.2) is 0 Å². The third kappa shape index (κ3) is 3.36. The first-order valence-electron chi connectivity index (χ1n) is 6.53. The quantitative estimate of drug-likeness (QED) is 0.868. The summed E-state index contributed by atoms with van der Waals surface area (Å²) < 4.78 is 6.50. The number of ether oxygens (including phenoxy) is 1. The molecule has 0 saturated heterocycles. The second-order valence-corrected chi connectivity index (χ2v) is 6.18. The van der Waals surface area contributed by atoms with E-state index in [1.165, 1.54) is 4.68 Å². The maximum Gasteiger partial charge on any atom is 0.435 e. The Labute approximate surface area is 128 Å². The van der Waals surface area contributed by atoms with Crippen LogP contribution in [0.5, 0.6) is 0 Å². The van der Waals surface area contributed by atoms with Crippen molar-refractivity contribution in [2.75, 3.05) is 5.73 Å². The van der Waals surface area contributed by atoms with Crippen LogP contribution in [0.1, 0.15) is 26.5 Å². The van der Waals surface area contributed by atoms with Gasteiger partial charge in [-0.2, -0.15) is 9.78 Å². The molecular weight excluding hydrogens is 290 g/mol. The minimum absolute atomic E-state index is 0.447. The third-order valence-electron chi connectivity index (χ3n) is 2.85. The zero-order valence-electron chi connectivity index (χ0n) is 12.5. The number of nitrogens with zero attached hydrogens (tertiary/aromatic N) is 2. The van der Waals surface area contributed by atoms with Crippen LogP contribution in [0.25, 0.3) is 11.3 Å². The van der Waals surface area contributed by atoms with Crippen LogP contribution in [0.4, 0.5) is 10.5 Å². The Balaban J connectivity index is 2.41. The van der Waals surface area contributed by atoms with Gasteiger partial charge in [0.25, 0.3) is 0 Å². The lowest BCUT2D eigenvalue weighted by Gasteiger charge is -2.19. The van der Waals surface area contributed by atoms with E-state index in [0.29, 0.717) is 22.1 Å². The summed E-state index contributed by atoms with van der Waals surface area (Å²) in [4.78, 5) is 12.1. The number of nitrogen functional groups attached to an aromatic ring is 1. The number of halogens is 1. The second kappa shape index (κ2) is 5.41. The minimum Gasteiger partial charge on any atom is -0.442 e. The van der Waals surface area contributed by atoms with E-state index >= 15 is 0 Å². The summed E-state index contributed by atoms with van der Waals surface area (Å²) in [7, 11) is 0. The van der Waals surface area contributed by atoms with Crippen molar-refractivity contribution >= 4 is 23.4 Å². The molecular formula is C15H18ClN3O2. The number of hydrogen-bond acceptors (Lipinski definition) is 4. The number of carbonyl (C=O) groups is 1. The summed E-state index contributed by atoms with van der Waals surface area (Å²) in [6.45, 7) is 7.12. The van der Waals surface area contributed by atoms with Crippen LogP contribution in [-0.4, -0.2) is 21.5 Å². The van der Waals surface area contributed by atoms with E-state index in [1.807, 2.05) is 0 Å². The largest absolute Gasteiger partial charge is 0.442 e. The summed E-state index contributed by atoms with van der Waals surface area (Å²) in [5, 5.41) is 4.89. The molecule has 1 aromatic heterocycles. The van der Waals surface area contributed by atoms with Crippen molar-refractivity contribution in [1.29, 1.82) is 0 Å². The van der Waals surface area contributed by atoms with E-state index in [9.17, 15) is 4.79 Å². The predicted molar refractivity (Wildman–Crippen MR) is 83.5 cm³/mol. The molecule has 5 nitrogen and oxygen atoms in total. The van der Waals surface area contributed by atoms with Gasteiger partial charge in [0.05, 0.1) is 11.4 Å². The molecule has 0 atom stereocenters. The fourth-order valence-corrected chi connectivity index (χ4v) is 1.94. The summed E-state index contributed by atoms with van der Waals surface area (Å²) in [5.41, 5.74) is 7.79. The number of aromatic nitrogens is 2. The van der Waals surface area contributed by atoms with Gasteiger partial charge in [-0.1, -0.05) is 23.7 Å². The van der Waals surface area contributed by atoms with Crippen molar-refractivity contribution in [2.24, 2.45) is 0 Å². The smallest absolute Gasteiger partial charge is 0.435 e. The van der Waals surface area contributed by atoms with Crippen molar-refractivity contribution < 1.29 is 9.53 Å². The third-order valence-corrected chi connectivity index (χ3v) is 3.10. The monoisotopic (exact) mass is 307 g/mol. The average molecular weight is 308 g/mol. The van der Waals surface area contributed by atoms with E-state index in [-0.39, 0.29) is 0 Å². The van der Waals surface area contributed by atoms with Gasteiger partial charge in [-0.05, 0) is 39.8 Å². The number of nitrogens with two attached hydrogens (primary N) is 1. The molecule has 112 valence electrons. The van der Waals surface area contributed by atoms with E-state index in [4.69, 9.17) is 22.1 Å². The summed E-state index contributed by atoms with van der Waals surface area (Å²) in [5.74, 6) is 0. The molecule has 1 heterocycles. The lowest BCUT2D eigenvalue weighted by molar-refractivity contribution is 0.0511.